The Morgan fingerprint density at radius 3 is 2.33 bits per heavy atom. The fourth-order valence-electron chi connectivity index (χ4n) is 2.48. The summed E-state index contributed by atoms with van der Waals surface area (Å²) in [4.78, 5) is 0. The van der Waals surface area contributed by atoms with Crippen molar-refractivity contribution >= 4 is 0 Å². The lowest BCUT2D eigenvalue weighted by Crippen LogP contribution is -2.07. The Hall–Kier alpha value is -1.09. The molecule has 0 amide bonds. The highest BCUT2D eigenvalue weighted by molar-refractivity contribution is 5.35. The molecule has 0 aliphatic carbocycles. The molecule has 2 N–H and O–H groups in total. The predicted molar refractivity (Wildman–Crippen MR) is 87.3 cm³/mol. The van der Waals surface area contributed by atoms with E-state index in [1.807, 2.05) is 6.07 Å². The van der Waals surface area contributed by atoms with Gasteiger partial charge in [0, 0.05) is 0 Å². The number of benzene rings is 1. The second kappa shape index (κ2) is 11.6. The highest BCUT2D eigenvalue weighted by Crippen LogP contribution is 2.23. The van der Waals surface area contributed by atoms with Crippen LogP contribution < -0.4 is 10.5 Å². The highest BCUT2D eigenvalue weighted by Gasteiger charge is 2.08. The molecular weight excluding hydrogens is 265 g/mol. The molecule has 120 valence electrons. The van der Waals surface area contributed by atoms with Gasteiger partial charge in [-0.1, -0.05) is 64.0 Å². The minimum absolute atomic E-state index is 0.277. The lowest BCUT2D eigenvalue weighted by molar-refractivity contribution is 0.287. The van der Waals surface area contributed by atoms with E-state index in [-0.39, 0.29) is 5.82 Å². The van der Waals surface area contributed by atoms with E-state index in [1.54, 1.807) is 6.07 Å². The molecule has 2 nitrogen and oxygen atoms in total. The molecule has 21 heavy (non-hydrogen) atoms. The van der Waals surface area contributed by atoms with Crippen molar-refractivity contribution in [1.29, 1.82) is 0 Å². The van der Waals surface area contributed by atoms with E-state index < -0.39 is 0 Å². The Morgan fingerprint density at radius 2 is 1.67 bits per heavy atom. The predicted octanol–water partition coefficient (Wildman–Crippen LogP) is 4.85. The quantitative estimate of drug-likeness (QED) is 0.560. The summed E-state index contributed by atoms with van der Waals surface area (Å²) in [6.45, 7) is 3.34. The van der Waals surface area contributed by atoms with Crippen molar-refractivity contribution in [3.05, 3.63) is 29.6 Å². The Morgan fingerprint density at radius 1 is 1.00 bits per heavy atom. The summed E-state index contributed by atoms with van der Waals surface area (Å²) in [5.41, 5.74) is 6.42. The lowest BCUT2D eigenvalue weighted by Gasteiger charge is -2.11. The zero-order chi connectivity index (χ0) is 15.3. The van der Waals surface area contributed by atoms with Crippen molar-refractivity contribution in [3.63, 3.8) is 0 Å². The summed E-state index contributed by atoms with van der Waals surface area (Å²) < 4.78 is 19.4. The molecular formula is C18H30FNO. The normalized spacial score (nSPS) is 10.8. The van der Waals surface area contributed by atoms with Crippen molar-refractivity contribution in [3.8, 4) is 5.75 Å². The van der Waals surface area contributed by atoms with Gasteiger partial charge in [0.25, 0.3) is 0 Å². The zero-order valence-electron chi connectivity index (χ0n) is 13.4. The van der Waals surface area contributed by atoms with E-state index in [2.05, 4.69) is 6.92 Å². The molecule has 0 heterocycles. The van der Waals surface area contributed by atoms with Crippen LogP contribution >= 0.6 is 0 Å². The molecule has 0 aliphatic rings. The number of hydrogen-bond donors (Lipinski definition) is 1. The molecule has 0 aromatic heterocycles. The topological polar surface area (TPSA) is 35.2 Å². The van der Waals surface area contributed by atoms with Crippen LogP contribution in [0.1, 0.15) is 63.9 Å². The summed E-state index contributed by atoms with van der Waals surface area (Å²) in [7, 11) is 0. The third kappa shape index (κ3) is 7.47. The first-order chi connectivity index (χ1) is 10.3. The van der Waals surface area contributed by atoms with E-state index in [0.29, 0.717) is 25.3 Å². The summed E-state index contributed by atoms with van der Waals surface area (Å²) in [5, 5.41) is 0. The van der Waals surface area contributed by atoms with Crippen LogP contribution in [0.3, 0.4) is 0 Å². The number of hydrogen-bond acceptors (Lipinski definition) is 2. The monoisotopic (exact) mass is 295 g/mol. The Labute approximate surface area is 128 Å². The highest BCUT2D eigenvalue weighted by atomic mass is 19.1. The summed E-state index contributed by atoms with van der Waals surface area (Å²) >= 11 is 0. The van der Waals surface area contributed by atoms with Crippen molar-refractivity contribution in [2.75, 3.05) is 13.2 Å². The second-order valence-corrected chi connectivity index (χ2v) is 5.59. The van der Waals surface area contributed by atoms with Gasteiger partial charge in [-0.05, 0) is 31.0 Å². The lowest BCUT2D eigenvalue weighted by atomic mass is 10.1. The minimum atomic E-state index is -0.277. The molecule has 1 aromatic carbocycles. The smallest absolute Gasteiger partial charge is 0.165 e. The van der Waals surface area contributed by atoms with Gasteiger partial charge in [-0.2, -0.15) is 0 Å². The van der Waals surface area contributed by atoms with Crippen LogP contribution in [0.5, 0.6) is 5.75 Å². The number of ether oxygens (including phenoxy) is 1. The molecule has 3 heteroatoms. The number of para-hydroxylation sites is 1. The van der Waals surface area contributed by atoms with E-state index >= 15 is 0 Å². The summed E-state index contributed by atoms with van der Waals surface area (Å²) in [6, 6.07) is 5.05. The molecule has 0 radical (unpaired) electrons. The third-order valence-electron chi connectivity index (χ3n) is 3.71. The Bertz CT molecular complexity index is 381. The van der Waals surface area contributed by atoms with E-state index in [0.717, 1.165) is 18.4 Å². The van der Waals surface area contributed by atoms with Gasteiger partial charge >= 0.3 is 0 Å². The van der Waals surface area contributed by atoms with Crippen molar-refractivity contribution < 1.29 is 9.13 Å². The molecule has 1 aromatic rings. The van der Waals surface area contributed by atoms with Gasteiger partial charge in [-0.3, -0.25) is 0 Å². The third-order valence-corrected chi connectivity index (χ3v) is 3.71. The first-order valence-electron chi connectivity index (χ1n) is 8.39. The molecule has 0 aliphatic heterocycles. The zero-order valence-corrected chi connectivity index (χ0v) is 13.4. The standard InChI is InChI=1S/C18H30FNO/c1-2-3-4-5-6-7-8-9-15-21-18-16(13-14-20)11-10-12-17(18)19/h10-12H,2-9,13-15,20H2,1H3. The van der Waals surface area contributed by atoms with Crippen molar-refractivity contribution in [1.82, 2.24) is 0 Å². The van der Waals surface area contributed by atoms with E-state index in [4.69, 9.17) is 10.5 Å². The summed E-state index contributed by atoms with van der Waals surface area (Å²) in [6.07, 6.45) is 10.7. The summed E-state index contributed by atoms with van der Waals surface area (Å²) in [5.74, 6) is 0.117. The van der Waals surface area contributed by atoms with Crippen LogP contribution in [0.15, 0.2) is 18.2 Å². The van der Waals surface area contributed by atoms with E-state index in [9.17, 15) is 4.39 Å². The van der Waals surface area contributed by atoms with Gasteiger partial charge in [0.2, 0.25) is 0 Å². The van der Waals surface area contributed by atoms with Crippen LogP contribution in [0, 0.1) is 5.82 Å². The fourth-order valence-corrected chi connectivity index (χ4v) is 2.48. The number of rotatable bonds is 12. The molecule has 1 rings (SSSR count). The van der Waals surface area contributed by atoms with Crippen molar-refractivity contribution in [2.45, 2.75) is 64.7 Å². The van der Waals surface area contributed by atoms with Gasteiger partial charge in [-0.15, -0.1) is 0 Å². The fraction of sp³-hybridized carbons (Fsp3) is 0.667. The maximum atomic E-state index is 13.8. The molecule has 0 fully saturated rings. The van der Waals surface area contributed by atoms with Crippen LogP contribution in [0.25, 0.3) is 0 Å². The average molecular weight is 295 g/mol. The molecule has 0 bridgehead atoms. The molecule has 0 spiro atoms. The average Bonchev–Trinajstić information content (AvgIpc) is 2.48. The number of nitrogens with two attached hydrogens (primary N) is 1. The molecule has 0 saturated heterocycles. The SMILES string of the molecule is CCCCCCCCCCOc1c(F)cccc1CCN. The molecule has 0 unspecified atom stereocenters. The Balaban J connectivity index is 2.18. The van der Waals surface area contributed by atoms with Gasteiger partial charge in [0.05, 0.1) is 6.61 Å². The van der Waals surface area contributed by atoms with Crippen LogP contribution in [0.2, 0.25) is 0 Å². The minimum Gasteiger partial charge on any atom is -0.490 e. The molecule has 0 atom stereocenters. The molecule has 0 saturated carbocycles. The van der Waals surface area contributed by atoms with Crippen LogP contribution in [0.4, 0.5) is 4.39 Å². The largest absolute Gasteiger partial charge is 0.490 e. The second-order valence-electron chi connectivity index (χ2n) is 5.59. The van der Waals surface area contributed by atoms with Crippen LogP contribution in [-0.4, -0.2) is 13.2 Å². The van der Waals surface area contributed by atoms with Crippen LogP contribution in [-0.2, 0) is 6.42 Å². The number of unbranched alkanes of at least 4 members (excludes halogenated alkanes) is 7. The Kier molecular flexibility index (Phi) is 9.88. The number of halogens is 1. The van der Waals surface area contributed by atoms with Gasteiger partial charge in [-0.25, -0.2) is 4.39 Å². The van der Waals surface area contributed by atoms with Gasteiger partial charge < -0.3 is 10.5 Å². The van der Waals surface area contributed by atoms with Crippen molar-refractivity contribution in [2.24, 2.45) is 5.73 Å². The first kappa shape index (κ1) is 18.0. The van der Waals surface area contributed by atoms with E-state index in [1.165, 1.54) is 44.6 Å². The van der Waals surface area contributed by atoms with Gasteiger partial charge in [0.15, 0.2) is 11.6 Å². The maximum absolute atomic E-state index is 13.8. The van der Waals surface area contributed by atoms with Gasteiger partial charge in [0.1, 0.15) is 0 Å². The maximum Gasteiger partial charge on any atom is 0.165 e. The first-order valence-corrected chi connectivity index (χ1v) is 8.39.